The van der Waals surface area contributed by atoms with Crippen LogP contribution in [0.1, 0.15) is 55.6 Å². The lowest BCUT2D eigenvalue weighted by atomic mass is 9.94. The van der Waals surface area contributed by atoms with Crippen molar-refractivity contribution in [1.29, 1.82) is 0 Å². The summed E-state index contributed by atoms with van der Waals surface area (Å²) in [5.41, 5.74) is 24.9. The standard InChI is InChI=1S/C112H80F6N8/c1-67-49-68(2)54-85(53-67)79-41-47-99-95(61-79)96-62-80(42-48-100(96)125(99)103-65-83(89-31-19-21-33-97(89)111(113,114)115)39-45-93(103)109-121-105(75-23-11-7-12-24-75)119-106(122-109)76-25-13-8-14-26-76)87-57-71(5)51-73(59-87)35-36-74-52-72(6)58-88(60-74)82-38-44-92-91-43-37-81(86-55-69(3)50-70(4)56-86)63-101(91)126(102(92)64-82)104-66-84(90-32-20-22-34-98(90)112(116,117)118)40-46-94(104)110-123-107(77-27-15-9-16-28-77)120-108(124-110)78-29-17-10-18-30-78/h7-34,37-66H,35-36H2,1-6H3. The van der Waals surface area contributed by atoms with Crippen LogP contribution in [0.5, 0.6) is 0 Å². The Morgan fingerprint density at radius 1 is 0.206 bits per heavy atom. The summed E-state index contributed by atoms with van der Waals surface area (Å²) in [7, 11) is 0. The summed E-state index contributed by atoms with van der Waals surface area (Å²) in [6, 6.07) is 114. The van der Waals surface area contributed by atoms with E-state index in [1.54, 1.807) is 24.3 Å². The van der Waals surface area contributed by atoms with Crippen molar-refractivity contribution in [2.75, 3.05) is 0 Å². The third-order valence-electron chi connectivity index (χ3n) is 23.7. The molecule has 0 radical (unpaired) electrons. The number of aromatic nitrogens is 8. The second-order valence-corrected chi connectivity index (χ2v) is 32.9. The summed E-state index contributed by atoms with van der Waals surface area (Å²) in [6.07, 6.45) is -7.91. The molecule has 8 nitrogen and oxygen atoms in total. The van der Waals surface area contributed by atoms with Crippen molar-refractivity contribution in [3.63, 3.8) is 0 Å². The van der Waals surface area contributed by atoms with E-state index in [0.717, 1.165) is 167 Å². The van der Waals surface area contributed by atoms with Crippen molar-refractivity contribution >= 4 is 43.6 Å². The van der Waals surface area contributed by atoms with E-state index in [1.165, 1.54) is 24.3 Å². The van der Waals surface area contributed by atoms with Gasteiger partial charge in [-0.1, -0.05) is 312 Å². The maximum atomic E-state index is 15.4. The Labute approximate surface area is 725 Å². The number of alkyl halides is 6. The average molecular weight is 1650 g/mol. The quantitative estimate of drug-likeness (QED) is 0.0844. The van der Waals surface area contributed by atoms with Crippen LogP contribution in [0.3, 0.4) is 0 Å². The molecule has 610 valence electrons. The van der Waals surface area contributed by atoms with E-state index in [2.05, 4.69) is 196 Å². The van der Waals surface area contributed by atoms with Crippen LogP contribution in [0.2, 0.25) is 0 Å². The lowest BCUT2D eigenvalue weighted by Gasteiger charge is -2.18. The van der Waals surface area contributed by atoms with Gasteiger partial charge in [-0.25, -0.2) is 29.9 Å². The topological polar surface area (TPSA) is 87.2 Å². The second kappa shape index (κ2) is 32.2. The minimum atomic E-state index is -4.66. The van der Waals surface area contributed by atoms with E-state index < -0.39 is 23.5 Å². The highest BCUT2D eigenvalue weighted by Gasteiger charge is 2.36. The van der Waals surface area contributed by atoms with Gasteiger partial charge < -0.3 is 9.13 Å². The molecule has 4 aromatic heterocycles. The van der Waals surface area contributed by atoms with Crippen molar-refractivity contribution in [1.82, 2.24) is 39.0 Å². The normalized spacial score (nSPS) is 11.9. The summed E-state index contributed by atoms with van der Waals surface area (Å²) < 4.78 is 96.2. The van der Waals surface area contributed by atoms with E-state index in [9.17, 15) is 0 Å². The van der Waals surface area contributed by atoms with E-state index in [1.807, 2.05) is 146 Å². The van der Waals surface area contributed by atoms with Crippen LogP contribution in [-0.4, -0.2) is 39.0 Å². The Balaban J connectivity index is 0.714. The molecule has 4 heterocycles. The van der Waals surface area contributed by atoms with Crippen LogP contribution in [0.15, 0.2) is 352 Å². The summed E-state index contributed by atoms with van der Waals surface area (Å²) in [5.74, 6) is 2.43. The van der Waals surface area contributed by atoms with Crippen LogP contribution in [-0.2, 0) is 25.2 Å². The molecular weight excluding hydrogens is 1570 g/mol. The first kappa shape index (κ1) is 79.2. The van der Waals surface area contributed by atoms with E-state index >= 15 is 26.3 Å². The minimum Gasteiger partial charge on any atom is -0.308 e. The van der Waals surface area contributed by atoms with Gasteiger partial charge in [-0.05, 0) is 205 Å². The zero-order valence-electron chi connectivity index (χ0n) is 69.7. The lowest BCUT2D eigenvalue weighted by Crippen LogP contribution is -2.07. The monoisotopic (exact) mass is 1650 g/mol. The molecule has 0 saturated heterocycles. The van der Waals surface area contributed by atoms with E-state index in [4.69, 9.17) is 29.9 Å². The molecule has 0 aliphatic heterocycles. The molecule has 14 heteroatoms. The van der Waals surface area contributed by atoms with Crippen LogP contribution in [0.4, 0.5) is 26.3 Å². The smallest absolute Gasteiger partial charge is 0.308 e. The predicted molar refractivity (Wildman–Crippen MR) is 499 cm³/mol. The zero-order valence-corrected chi connectivity index (χ0v) is 69.7. The van der Waals surface area contributed by atoms with Gasteiger partial charge in [0.15, 0.2) is 34.9 Å². The molecule has 0 fully saturated rings. The largest absolute Gasteiger partial charge is 0.417 e. The highest BCUT2D eigenvalue weighted by Crippen LogP contribution is 2.48. The molecule has 0 unspecified atom stereocenters. The minimum absolute atomic E-state index is 0.0330. The summed E-state index contributed by atoms with van der Waals surface area (Å²) in [6.45, 7) is 12.6. The molecule has 0 aliphatic rings. The third-order valence-corrected chi connectivity index (χ3v) is 23.7. The van der Waals surface area contributed by atoms with Crippen molar-refractivity contribution in [2.24, 2.45) is 0 Å². The fourth-order valence-corrected chi connectivity index (χ4v) is 18.2. The molecule has 0 aliphatic carbocycles. The van der Waals surface area contributed by atoms with Gasteiger partial charge in [0.05, 0.1) is 44.6 Å². The number of hydrogen-bond acceptors (Lipinski definition) is 6. The van der Waals surface area contributed by atoms with Gasteiger partial charge in [-0.15, -0.1) is 0 Å². The van der Waals surface area contributed by atoms with Gasteiger partial charge in [0, 0.05) is 54.9 Å². The number of nitrogens with zero attached hydrogens (tertiary/aromatic N) is 8. The fraction of sp³-hybridized carbons (Fsp3) is 0.0893. The average Bonchev–Trinajstić information content (AvgIpc) is 1.56. The maximum absolute atomic E-state index is 15.4. The van der Waals surface area contributed by atoms with E-state index in [-0.39, 0.29) is 11.1 Å². The first-order valence-electron chi connectivity index (χ1n) is 42.0. The van der Waals surface area contributed by atoms with Crippen LogP contribution in [0, 0.1) is 41.5 Å². The summed E-state index contributed by atoms with van der Waals surface area (Å²) >= 11 is 0. The van der Waals surface area contributed by atoms with Crippen molar-refractivity contribution in [2.45, 2.75) is 66.7 Å². The molecule has 20 aromatic rings. The number of fused-ring (bicyclic) bond motifs is 6. The molecular formula is C112H80F6N8. The zero-order chi connectivity index (χ0) is 86.2. The van der Waals surface area contributed by atoms with Gasteiger partial charge >= 0.3 is 12.4 Å². The fourth-order valence-electron chi connectivity index (χ4n) is 18.2. The third kappa shape index (κ3) is 15.5. The predicted octanol–water partition coefficient (Wildman–Crippen LogP) is 29.9. The molecule has 0 saturated carbocycles. The van der Waals surface area contributed by atoms with Crippen molar-refractivity contribution < 1.29 is 26.3 Å². The van der Waals surface area contributed by atoms with Gasteiger partial charge in [0.25, 0.3) is 0 Å². The number of hydrogen-bond donors (Lipinski definition) is 0. The molecule has 0 N–H and O–H groups in total. The molecule has 0 bridgehead atoms. The SMILES string of the molecule is Cc1cc(C)cc(-c2ccc3c(c2)c2cc(-c4cc(C)cc(CCc5cc(C)cc(-c6ccc7c8ccc(-c9cc(C)cc(C)c9)cc8n(-c8cc(-c9ccccc9C(F)(F)F)ccc8-c8nc(-c9ccccc9)nc(-c9ccccc9)n8)c7c6)c5)c4)ccc2n3-c2cc(-c3ccccc3C(F)(F)F)ccc2-c2nc(-c3ccccc3)nc(-c3ccccc3)n2)c1. The molecule has 126 heavy (non-hydrogen) atoms. The Hall–Kier alpha value is -15.3. The van der Waals surface area contributed by atoms with Crippen molar-refractivity contribution in [3.8, 4) is 146 Å². The van der Waals surface area contributed by atoms with Crippen LogP contribution >= 0.6 is 0 Å². The lowest BCUT2D eigenvalue weighted by molar-refractivity contribution is -0.137. The second-order valence-electron chi connectivity index (χ2n) is 32.9. The summed E-state index contributed by atoms with van der Waals surface area (Å²) in [5, 5.41) is 3.75. The Bertz CT molecular complexity index is 7530. The van der Waals surface area contributed by atoms with Gasteiger partial charge in [0.2, 0.25) is 0 Å². The van der Waals surface area contributed by atoms with Crippen LogP contribution < -0.4 is 0 Å². The van der Waals surface area contributed by atoms with Crippen LogP contribution in [0.25, 0.3) is 190 Å². The Morgan fingerprint density at radius 3 is 0.841 bits per heavy atom. The maximum Gasteiger partial charge on any atom is 0.417 e. The first-order valence-corrected chi connectivity index (χ1v) is 42.0. The highest BCUT2D eigenvalue weighted by atomic mass is 19.4. The highest BCUT2D eigenvalue weighted by molar-refractivity contribution is 6.14. The number of halogens is 6. The van der Waals surface area contributed by atoms with Gasteiger partial charge in [-0.3, -0.25) is 0 Å². The van der Waals surface area contributed by atoms with E-state index in [0.29, 0.717) is 81.4 Å². The molecule has 0 spiro atoms. The van der Waals surface area contributed by atoms with Gasteiger partial charge in [0.1, 0.15) is 0 Å². The number of rotatable bonds is 17. The molecule has 20 rings (SSSR count). The number of aryl methyl sites for hydroxylation is 8. The van der Waals surface area contributed by atoms with Crippen molar-refractivity contribution in [3.05, 3.63) is 407 Å². The molecule has 16 aromatic carbocycles. The number of benzene rings is 16. The Morgan fingerprint density at radius 2 is 0.492 bits per heavy atom. The van der Waals surface area contributed by atoms with Gasteiger partial charge in [-0.2, -0.15) is 26.3 Å². The molecule has 0 amide bonds. The summed E-state index contributed by atoms with van der Waals surface area (Å²) in [4.78, 5) is 31.1. The Kier molecular flexibility index (Phi) is 20.2. The first-order chi connectivity index (χ1) is 61.1. The molecule has 0 atom stereocenters.